The van der Waals surface area contributed by atoms with E-state index in [1.807, 2.05) is 20.8 Å². The number of carboxylic acid groups (broad SMARTS) is 1. The maximum atomic E-state index is 11.8. The Morgan fingerprint density at radius 3 is 2.37 bits per heavy atom. The minimum atomic E-state index is -0.803. The van der Waals surface area contributed by atoms with Crippen LogP contribution in [-0.2, 0) is 4.79 Å². The summed E-state index contributed by atoms with van der Waals surface area (Å²) in [5.74, 6) is -1.26. The summed E-state index contributed by atoms with van der Waals surface area (Å²) < 4.78 is 0. The highest BCUT2D eigenvalue weighted by Crippen LogP contribution is 2.23. The maximum Gasteiger partial charge on any atom is 0.315 e. The Morgan fingerprint density at radius 1 is 1.16 bits per heavy atom. The highest BCUT2D eigenvalue weighted by molar-refractivity contribution is 5.76. The molecule has 0 saturated heterocycles. The molecule has 1 fully saturated rings. The molecule has 19 heavy (non-hydrogen) atoms. The number of rotatable bonds is 3. The van der Waals surface area contributed by atoms with E-state index in [0.29, 0.717) is 13.0 Å². The van der Waals surface area contributed by atoms with Crippen LogP contribution in [0.3, 0.4) is 0 Å². The number of amides is 2. The molecule has 1 aliphatic carbocycles. The summed E-state index contributed by atoms with van der Waals surface area (Å²) in [6.45, 7) is 6.69. The molecule has 0 aliphatic heterocycles. The van der Waals surface area contributed by atoms with E-state index in [0.717, 1.165) is 25.7 Å². The topological polar surface area (TPSA) is 78.4 Å². The van der Waals surface area contributed by atoms with Crippen molar-refractivity contribution in [2.75, 3.05) is 6.54 Å². The molecule has 110 valence electrons. The van der Waals surface area contributed by atoms with Crippen molar-refractivity contribution in [3.63, 3.8) is 0 Å². The first-order chi connectivity index (χ1) is 8.79. The Hall–Kier alpha value is -1.26. The second-order valence-corrected chi connectivity index (χ2v) is 6.58. The third-order valence-corrected chi connectivity index (χ3v) is 3.43. The molecule has 0 heterocycles. The van der Waals surface area contributed by atoms with E-state index in [-0.39, 0.29) is 17.5 Å². The summed E-state index contributed by atoms with van der Waals surface area (Å²) in [4.78, 5) is 23.1. The third-order valence-electron chi connectivity index (χ3n) is 3.43. The quantitative estimate of drug-likeness (QED) is 0.689. The second kappa shape index (κ2) is 6.78. The Balaban J connectivity index is 2.51. The molecule has 5 heteroatoms. The van der Waals surface area contributed by atoms with Gasteiger partial charge in [-0.1, -0.05) is 40.0 Å². The lowest BCUT2D eigenvalue weighted by atomic mass is 9.95. The van der Waals surface area contributed by atoms with Crippen LogP contribution in [0.15, 0.2) is 0 Å². The van der Waals surface area contributed by atoms with E-state index in [9.17, 15) is 14.7 Å². The molecule has 0 aromatic carbocycles. The number of carbonyl (C=O) groups excluding carboxylic acids is 1. The number of urea groups is 1. The Labute approximate surface area is 115 Å². The number of hydrogen-bond donors (Lipinski definition) is 3. The fraction of sp³-hybridized carbons (Fsp3) is 0.857. The van der Waals surface area contributed by atoms with E-state index in [1.165, 1.54) is 0 Å². The van der Waals surface area contributed by atoms with Crippen LogP contribution in [0.2, 0.25) is 0 Å². The molecule has 0 aromatic heterocycles. The van der Waals surface area contributed by atoms with Crippen molar-refractivity contribution in [1.29, 1.82) is 0 Å². The van der Waals surface area contributed by atoms with Crippen molar-refractivity contribution in [1.82, 2.24) is 10.6 Å². The van der Waals surface area contributed by atoms with E-state index in [2.05, 4.69) is 10.6 Å². The van der Waals surface area contributed by atoms with Gasteiger partial charge in [-0.25, -0.2) is 4.79 Å². The minimum absolute atomic E-state index is 0.0208. The van der Waals surface area contributed by atoms with Gasteiger partial charge in [-0.2, -0.15) is 0 Å². The van der Waals surface area contributed by atoms with Gasteiger partial charge in [-0.3, -0.25) is 4.79 Å². The van der Waals surface area contributed by atoms with Gasteiger partial charge in [0.25, 0.3) is 0 Å². The fourth-order valence-electron chi connectivity index (χ4n) is 2.34. The molecule has 2 amide bonds. The van der Waals surface area contributed by atoms with Gasteiger partial charge in [0.1, 0.15) is 0 Å². The summed E-state index contributed by atoms with van der Waals surface area (Å²) in [5.41, 5.74) is 0.0208. The molecular weight excluding hydrogens is 244 g/mol. The summed E-state index contributed by atoms with van der Waals surface area (Å²) in [5, 5.41) is 14.9. The minimum Gasteiger partial charge on any atom is -0.481 e. The molecule has 2 atom stereocenters. The summed E-state index contributed by atoms with van der Waals surface area (Å²) >= 11 is 0. The van der Waals surface area contributed by atoms with Gasteiger partial charge in [0.15, 0.2) is 0 Å². The fourth-order valence-corrected chi connectivity index (χ4v) is 2.34. The lowest BCUT2D eigenvalue weighted by Crippen LogP contribution is -2.48. The number of hydrogen-bond acceptors (Lipinski definition) is 2. The van der Waals surface area contributed by atoms with Gasteiger partial charge in [0.2, 0.25) is 0 Å². The van der Waals surface area contributed by atoms with Gasteiger partial charge in [0, 0.05) is 12.6 Å². The summed E-state index contributed by atoms with van der Waals surface area (Å²) in [6, 6.07) is -0.506. The summed E-state index contributed by atoms with van der Waals surface area (Å²) in [7, 11) is 0. The van der Waals surface area contributed by atoms with E-state index >= 15 is 0 Å². The van der Waals surface area contributed by atoms with Crippen molar-refractivity contribution in [3.8, 4) is 0 Å². The van der Waals surface area contributed by atoms with Crippen molar-refractivity contribution in [2.45, 2.75) is 58.9 Å². The van der Waals surface area contributed by atoms with E-state index < -0.39 is 11.9 Å². The second-order valence-electron chi connectivity index (χ2n) is 6.58. The van der Waals surface area contributed by atoms with Crippen LogP contribution in [0.4, 0.5) is 4.79 Å². The zero-order valence-electron chi connectivity index (χ0n) is 12.2. The van der Waals surface area contributed by atoms with E-state index in [1.54, 1.807) is 0 Å². The molecule has 1 aliphatic rings. The molecule has 0 radical (unpaired) electrons. The average Bonchev–Trinajstić information content (AvgIpc) is 2.51. The zero-order chi connectivity index (χ0) is 14.5. The van der Waals surface area contributed by atoms with E-state index in [4.69, 9.17) is 0 Å². The molecule has 1 saturated carbocycles. The van der Waals surface area contributed by atoms with Crippen molar-refractivity contribution >= 4 is 12.0 Å². The van der Waals surface area contributed by atoms with Crippen molar-refractivity contribution in [3.05, 3.63) is 0 Å². The first kappa shape index (κ1) is 15.8. The Kier molecular flexibility index (Phi) is 5.63. The van der Waals surface area contributed by atoms with Crippen LogP contribution in [0.5, 0.6) is 0 Å². The first-order valence-corrected chi connectivity index (χ1v) is 7.07. The van der Waals surface area contributed by atoms with Crippen LogP contribution in [0, 0.1) is 11.3 Å². The molecule has 5 nitrogen and oxygen atoms in total. The smallest absolute Gasteiger partial charge is 0.315 e. The lowest BCUT2D eigenvalue weighted by Gasteiger charge is -2.25. The number of carboxylic acids is 1. The lowest BCUT2D eigenvalue weighted by molar-refractivity contribution is -0.142. The van der Waals surface area contributed by atoms with Crippen LogP contribution in [0.1, 0.15) is 52.9 Å². The van der Waals surface area contributed by atoms with Gasteiger partial charge in [-0.15, -0.1) is 0 Å². The Morgan fingerprint density at radius 2 is 1.79 bits per heavy atom. The number of aliphatic carboxylic acids is 1. The highest BCUT2D eigenvalue weighted by atomic mass is 16.4. The zero-order valence-corrected chi connectivity index (χ0v) is 12.2. The SMILES string of the molecule is CC(C)(C)CNC(=O)NC1CCCCCC1C(=O)O. The van der Waals surface area contributed by atoms with Crippen LogP contribution >= 0.6 is 0 Å². The van der Waals surface area contributed by atoms with Gasteiger partial charge in [-0.05, 0) is 18.3 Å². The summed E-state index contributed by atoms with van der Waals surface area (Å²) in [6.07, 6.45) is 4.36. The third kappa shape index (κ3) is 5.94. The Bertz CT molecular complexity index is 323. The number of carbonyl (C=O) groups is 2. The van der Waals surface area contributed by atoms with Gasteiger partial charge >= 0.3 is 12.0 Å². The predicted molar refractivity (Wildman–Crippen MR) is 74.0 cm³/mol. The maximum absolute atomic E-state index is 11.8. The predicted octanol–water partition coefficient (Wildman–Crippen LogP) is 2.37. The first-order valence-electron chi connectivity index (χ1n) is 7.07. The molecule has 0 aromatic rings. The standard InChI is InChI=1S/C14H26N2O3/c1-14(2,3)9-15-13(19)16-11-8-6-4-5-7-10(11)12(17)18/h10-11H,4-9H2,1-3H3,(H,17,18)(H2,15,16,19). The largest absolute Gasteiger partial charge is 0.481 e. The van der Waals surface area contributed by atoms with Crippen molar-refractivity contribution < 1.29 is 14.7 Å². The molecule has 2 unspecified atom stereocenters. The molecular formula is C14H26N2O3. The molecule has 3 N–H and O–H groups in total. The molecule has 0 spiro atoms. The molecule has 1 rings (SSSR count). The normalized spacial score (nSPS) is 24.4. The van der Waals surface area contributed by atoms with Crippen LogP contribution in [0.25, 0.3) is 0 Å². The number of nitrogens with one attached hydrogen (secondary N) is 2. The highest BCUT2D eigenvalue weighted by Gasteiger charge is 2.30. The average molecular weight is 270 g/mol. The van der Waals surface area contributed by atoms with Crippen LogP contribution < -0.4 is 10.6 Å². The van der Waals surface area contributed by atoms with Crippen LogP contribution in [-0.4, -0.2) is 29.7 Å². The van der Waals surface area contributed by atoms with Gasteiger partial charge < -0.3 is 15.7 Å². The molecule has 0 bridgehead atoms. The monoisotopic (exact) mass is 270 g/mol. The van der Waals surface area contributed by atoms with Gasteiger partial charge in [0.05, 0.1) is 5.92 Å². The van der Waals surface area contributed by atoms with Crippen molar-refractivity contribution in [2.24, 2.45) is 11.3 Å².